The molecule has 0 radical (unpaired) electrons. The Labute approximate surface area is 163 Å². The largest absolute Gasteiger partial charge is 0.493 e. The molecule has 0 bridgehead atoms. The van der Waals surface area contributed by atoms with Crippen LogP contribution in [0.1, 0.15) is 12.0 Å². The molecule has 0 aliphatic carbocycles. The highest BCUT2D eigenvalue weighted by Gasteiger charge is 2.10. The zero-order valence-electron chi connectivity index (χ0n) is 13.8. The highest BCUT2D eigenvalue weighted by atomic mass is 127. The van der Waals surface area contributed by atoms with Gasteiger partial charge in [-0.05, 0) is 64.9 Å². The van der Waals surface area contributed by atoms with Crippen molar-refractivity contribution >= 4 is 55.2 Å². The van der Waals surface area contributed by atoms with Crippen molar-refractivity contribution in [3.8, 4) is 11.5 Å². The molecule has 0 saturated heterocycles. The van der Waals surface area contributed by atoms with E-state index in [9.17, 15) is 4.79 Å². The van der Waals surface area contributed by atoms with Crippen LogP contribution in [-0.4, -0.2) is 25.1 Å². The quantitative estimate of drug-likeness (QED) is 0.542. The molecule has 3 aromatic rings. The Morgan fingerprint density at radius 1 is 1.16 bits per heavy atom. The van der Waals surface area contributed by atoms with E-state index in [1.54, 1.807) is 14.2 Å². The molecule has 1 amide bonds. The van der Waals surface area contributed by atoms with Crippen molar-refractivity contribution in [3.05, 3.63) is 45.5 Å². The predicted octanol–water partition coefficient (Wildman–Crippen LogP) is 4.49. The molecule has 1 aromatic heterocycles. The smallest absolute Gasteiger partial charge is 0.226 e. The van der Waals surface area contributed by atoms with Gasteiger partial charge in [-0.15, -0.1) is 0 Å². The maximum Gasteiger partial charge on any atom is 0.226 e. The molecule has 1 heterocycles. The second-order valence-corrected chi connectivity index (χ2v) is 7.64. The van der Waals surface area contributed by atoms with E-state index in [-0.39, 0.29) is 5.91 Å². The standard InChI is InChI=1S/C18H17IN2O3S/c1-23-14-7-3-11(9-15(14)24-2)4-8-17(22)21-18-20-13-6-5-12(19)10-16(13)25-18/h3,5-7,9-10H,4,8H2,1-2H3,(H,20,21,22). The molecule has 1 N–H and O–H groups in total. The average Bonchev–Trinajstić information content (AvgIpc) is 3.00. The van der Waals surface area contributed by atoms with Gasteiger partial charge in [0, 0.05) is 9.99 Å². The van der Waals surface area contributed by atoms with Crippen molar-refractivity contribution in [1.29, 1.82) is 0 Å². The van der Waals surface area contributed by atoms with Gasteiger partial charge in [-0.25, -0.2) is 4.98 Å². The van der Waals surface area contributed by atoms with Crippen LogP contribution in [0.5, 0.6) is 11.5 Å². The number of aromatic nitrogens is 1. The van der Waals surface area contributed by atoms with Crippen LogP contribution in [0.15, 0.2) is 36.4 Å². The van der Waals surface area contributed by atoms with E-state index in [0.29, 0.717) is 29.5 Å². The van der Waals surface area contributed by atoms with Gasteiger partial charge in [0.1, 0.15) is 0 Å². The van der Waals surface area contributed by atoms with Crippen LogP contribution in [0.2, 0.25) is 0 Å². The molecule has 0 unspecified atom stereocenters. The van der Waals surface area contributed by atoms with E-state index >= 15 is 0 Å². The molecule has 0 atom stereocenters. The summed E-state index contributed by atoms with van der Waals surface area (Å²) in [5.74, 6) is 1.30. The van der Waals surface area contributed by atoms with Crippen LogP contribution in [0.3, 0.4) is 0 Å². The number of hydrogen-bond donors (Lipinski definition) is 1. The Bertz CT molecular complexity index is 910. The van der Waals surface area contributed by atoms with Gasteiger partial charge in [-0.2, -0.15) is 0 Å². The molecule has 25 heavy (non-hydrogen) atoms. The molecule has 2 aromatic carbocycles. The normalized spacial score (nSPS) is 10.7. The number of thiazole rings is 1. The van der Waals surface area contributed by atoms with E-state index in [1.807, 2.05) is 30.3 Å². The average molecular weight is 468 g/mol. The number of anilines is 1. The molecule has 0 saturated carbocycles. The van der Waals surface area contributed by atoms with Crippen molar-refractivity contribution in [2.24, 2.45) is 0 Å². The number of carbonyl (C=O) groups excluding carboxylic acids is 1. The van der Waals surface area contributed by atoms with Crippen LogP contribution in [0.25, 0.3) is 10.2 Å². The van der Waals surface area contributed by atoms with Crippen molar-refractivity contribution in [1.82, 2.24) is 4.98 Å². The number of benzene rings is 2. The van der Waals surface area contributed by atoms with Gasteiger partial charge in [-0.1, -0.05) is 17.4 Å². The van der Waals surface area contributed by atoms with E-state index in [4.69, 9.17) is 9.47 Å². The number of nitrogens with zero attached hydrogens (tertiary/aromatic N) is 1. The highest BCUT2D eigenvalue weighted by Crippen LogP contribution is 2.29. The summed E-state index contributed by atoms with van der Waals surface area (Å²) >= 11 is 3.75. The number of rotatable bonds is 6. The number of aryl methyl sites for hydroxylation is 1. The third-order valence-electron chi connectivity index (χ3n) is 3.69. The Balaban J connectivity index is 1.62. The lowest BCUT2D eigenvalue weighted by atomic mass is 10.1. The van der Waals surface area contributed by atoms with Crippen molar-refractivity contribution < 1.29 is 14.3 Å². The number of ether oxygens (including phenoxy) is 2. The minimum atomic E-state index is -0.0523. The van der Waals surface area contributed by atoms with Gasteiger partial charge in [0.25, 0.3) is 0 Å². The van der Waals surface area contributed by atoms with Gasteiger partial charge in [-0.3, -0.25) is 4.79 Å². The number of nitrogens with one attached hydrogen (secondary N) is 1. The zero-order chi connectivity index (χ0) is 17.8. The minimum Gasteiger partial charge on any atom is -0.493 e. The summed E-state index contributed by atoms with van der Waals surface area (Å²) < 4.78 is 12.7. The van der Waals surface area contributed by atoms with Gasteiger partial charge in [0.15, 0.2) is 16.6 Å². The summed E-state index contributed by atoms with van der Waals surface area (Å²) in [6.07, 6.45) is 0.998. The first-order valence-electron chi connectivity index (χ1n) is 7.66. The molecule has 0 fully saturated rings. The molecule has 0 aliphatic rings. The van der Waals surface area contributed by atoms with Gasteiger partial charge in [0.05, 0.1) is 24.4 Å². The Morgan fingerprint density at radius 2 is 1.96 bits per heavy atom. The number of methoxy groups -OCH3 is 2. The van der Waals surface area contributed by atoms with Crippen molar-refractivity contribution in [2.75, 3.05) is 19.5 Å². The number of hydrogen-bond acceptors (Lipinski definition) is 5. The molecular weight excluding hydrogens is 451 g/mol. The van der Waals surface area contributed by atoms with E-state index in [2.05, 4.69) is 39.0 Å². The number of carbonyl (C=O) groups is 1. The lowest BCUT2D eigenvalue weighted by Crippen LogP contribution is -2.12. The van der Waals surface area contributed by atoms with Gasteiger partial charge < -0.3 is 14.8 Å². The molecule has 3 rings (SSSR count). The van der Waals surface area contributed by atoms with E-state index in [0.717, 1.165) is 19.4 Å². The fraction of sp³-hybridized carbons (Fsp3) is 0.222. The second kappa shape index (κ2) is 8.01. The molecule has 5 nitrogen and oxygen atoms in total. The molecule has 130 valence electrons. The Morgan fingerprint density at radius 3 is 2.72 bits per heavy atom. The van der Waals surface area contributed by atoms with Gasteiger partial charge in [0.2, 0.25) is 5.91 Å². The summed E-state index contributed by atoms with van der Waals surface area (Å²) in [6.45, 7) is 0. The summed E-state index contributed by atoms with van der Waals surface area (Å²) in [7, 11) is 3.20. The minimum absolute atomic E-state index is 0.0523. The predicted molar refractivity (Wildman–Crippen MR) is 109 cm³/mol. The van der Waals surface area contributed by atoms with Crippen LogP contribution in [0.4, 0.5) is 5.13 Å². The Hall–Kier alpha value is -1.87. The highest BCUT2D eigenvalue weighted by molar-refractivity contribution is 14.1. The van der Waals surface area contributed by atoms with Crippen LogP contribution in [0, 0.1) is 3.57 Å². The summed E-state index contributed by atoms with van der Waals surface area (Å²) in [5.41, 5.74) is 1.92. The molecule has 7 heteroatoms. The number of halogens is 1. The fourth-order valence-corrected chi connectivity index (χ4v) is 4.05. The third kappa shape index (κ3) is 4.40. The second-order valence-electron chi connectivity index (χ2n) is 5.37. The first-order valence-corrected chi connectivity index (χ1v) is 9.55. The first kappa shape index (κ1) is 17.9. The lowest BCUT2D eigenvalue weighted by Gasteiger charge is -2.09. The van der Waals surface area contributed by atoms with Crippen LogP contribution < -0.4 is 14.8 Å². The Kier molecular flexibility index (Phi) is 5.74. The topological polar surface area (TPSA) is 60.5 Å². The number of fused-ring (bicyclic) bond motifs is 1. The van der Waals surface area contributed by atoms with E-state index in [1.165, 1.54) is 11.3 Å². The number of amides is 1. The third-order valence-corrected chi connectivity index (χ3v) is 5.29. The summed E-state index contributed by atoms with van der Waals surface area (Å²) in [5, 5.41) is 3.52. The molecule has 0 spiro atoms. The van der Waals surface area contributed by atoms with Crippen LogP contribution in [-0.2, 0) is 11.2 Å². The maximum absolute atomic E-state index is 12.2. The SMILES string of the molecule is COc1ccc(CCC(=O)Nc2nc3ccc(I)cc3s2)cc1OC. The van der Waals surface area contributed by atoms with Crippen molar-refractivity contribution in [2.45, 2.75) is 12.8 Å². The first-order chi connectivity index (χ1) is 12.1. The lowest BCUT2D eigenvalue weighted by molar-refractivity contribution is -0.116. The maximum atomic E-state index is 12.2. The summed E-state index contributed by atoms with van der Waals surface area (Å²) in [4.78, 5) is 16.7. The summed E-state index contributed by atoms with van der Waals surface area (Å²) in [6, 6.07) is 11.7. The van der Waals surface area contributed by atoms with E-state index < -0.39 is 0 Å². The zero-order valence-corrected chi connectivity index (χ0v) is 16.8. The molecule has 0 aliphatic heterocycles. The van der Waals surface area contributed by atoms with Crippen molar-refractivity contribution in [3.63, 3.8) is 0 Å². The monoisotopic (exact) mass is 468 g/mol. The fourth-order valence-electron chi connectivity index (χ4n) is 2.43. The van der Waals surface area contributed by atoms with Crippen LogP contribution >= 0.6 is 33.9 Å². The van der Waals surface area contributed by atoms with Gasteiger partial charge >= 0.3 is 0 Å². The molecular formula is C18H17IN2O3S.